The number of rotatable bonds is 3. The van der Waals surface area contributed by atoms with Crippen LogP contribution in [0.5, 0.6) is 0 Å². The first-order valence-corrected chi connectivity index (χ1v) is 7.45. The van der Waals surface area contributed by atoms with Crippen molar-refractivity contribution in [1.29, 1.82) is 0 Å². The second-order valence-corrected chi connectivity index (χ2v) is 6.31. The van der Waals surface area contributed by atoms with E-state index in [4.69, 9.17) is 5.73 Å². The van der Waals surface area contributed by atoms with E-state index in [-0.39, 0.29) is 18.6 Å². The fourth-order valence-corrected chi connectivity index (χ4v) is 3.40. The standard InChI is InChI=1S/C16H23F3N2/c1-9-4-10(2)11(3)21(8-9)15(7-20)12-5-13(17)16(19)14(18)6-12/h5-6,9-11,15H,4,7-8,20H2,1-3H3. The Morgan fingerprint density at radius 3 is 2.29 bits per heavy atom. The number of hydrogen-bond acceptors (Lipinski definition) is 2. The number of hydrogen-bond donors (Lipinski definition) is 1. The van der Waals surface area contributed by atoms with Gasteiger partial charge in [0.2, 0.25) is 0 Å². The Hall–Kier alpha value is -1.07. The Morgan fingerprint density at radius 2 is 1.76 bits per heavy atom. The van der Waals surface area contributed by atoms with Crippen LogP contribution < -0.4 is 5.73 Å². The van der Waals surface area contributed by atoms with Crippen LogP contribution in [0.25, 0.3) is 0 Å². The van der Waals surface area contributed by atoms with Gasteiger partial charge in [-0.25, -0.2) is 13.2 Å². The minimum atomic E-state index is -1.43. The topological polar surface area (TPSA) is 29.3 Å². The molecule has 0 radical (unpaired) electrons. The van der Waals surface area contributed by atoms with E-state index in [1.165, 1.54) is 0 Å². The van der Waals surface area contributed by atoms with E-state index in [0.717, 1.165) is 25.1 Å². The van der Waals surface area contributed by atoms with Gasteiger partial charge < -0.3 is 5.73 Å². The minimum absolute atomic E-state index is 0.244. The molecule has 5 heteroatoms. The molecule has 1 aromatic rings. The van der Waals surface area contributed by atoms with Crippen LogP contribution in [0.4, 0.5) is 13.2 Å². The SMILES string of the molecule is CC1CC(C)C(C)N(C(CN)c2cc(F)c(F)c(F)c2)C1. The molecule has 0 bridgehead atoms. The third kappa shape index (κ3) is 3.24. The van der Waals surface area contributed by atoms with E-state index in [1.807, 2.05) is 0 Å². The predicted octanol–water partition coefficient (Wildman–Crippen LogP) is 3.47. The van der Waals surface area contributed by atoms with Crippen molar-refractivity contribution in [2.24, 2.45) is 17.6 Å². The number of benzene rings is 1. The van der Waals surface area contributed by atoms with Gasteiger partial charge in [-0.3, -0.25) is 4.90 Å². The highest BCUT2D eigenvalue weighted by Crippen LogP contribution is 2.34. The van der Waals surface area contributed by atoms with Crippen LogP contribution in [-0.4, -0.2) is 24.0 Å². The summed E-state index contributed by atoms with van der Waals surface area (Å²) in [5.74, 6) is -2.76. The molecule has 1 aliphatic heterocycles. The number of likely N-dealkylation sites (tertiary alicyclic amines) is 1. The van der Waals surface area contributed by atoms with E-state index in [0.29, 0.717) is 17.4 Å². The van der Waals surface area contributed by atoms with Crippen LogP contribution in [0.15, 0.2) is 12.1 Å². The number of piperidine rings is 1. The summed E-state index contributed by atoms with van der Waals surface area (Å²) in [7, 11) is 0. The summed E-state index contributed by atoms with van der Waals surface area (Å²) in [5.41, 5.74) is 6.25. The van der Waals surface area contributed by atoms with Crippen LogP contribution in [0.2, 0.25) is 0 Å². The molecule has 2 nitrogen and oxygen atoms in total. The van der Waals surface area contributed by atoms with Gasteiger partial charge in [0.1, 0.15) is 0 Å². The molecule has 118 valence electrons. The van der Waals surface area contributed by atoms with E-state index in [1.54, 1.807) is 0 Å². The van der Waals surface area contributed by atoms with Crippen LogP contribution in [-0.2, 0) is 0 Å². The third-order valence-electron chi connectivity index (χ3n) is 4.66. The fraction of sp³-hybridized carbons (Fsp3) is 0.625. The van der Waals surface area contributed by atoms with Gasteiger partial charge in [-0.15, -0.1) is 0 Å². The van der Waals surface area contributed by atoms with Crippen LogP contribution >= 0.6 is 0 Å². The van der Waals surface area contributed by atoms with Gasteiger partial charge in [0.25, 0.3) is 0 Å². The minimum Gasteiger partial charge on any atom is -0.329 e. The van der Waals surface area contributed by atoms with Crippen molar-refractivity contribution in [1.82, 2.24) is 4.90 Å². The van der Waals surface area contributed by atoms with Gasteiger partial charge in [0.15, 0.2) is 17.5 Å². The maximum atomic E-state index is 13.5. The lowest BCUT2D eigenvalue weighted by Gasteiger charge is -2.45. The fourth-order valence-electron chi connectivity index (χ4n) is 3.40. The highest BCUT2D eigenvalue weighted by molar-refractivity contribution is 5.23. The Morgan fingerprint density at radius 1 is 1.19 bits per heavy atom. The van der Waals surface area contributed by atoms with Crippen molar-refractivity contribution < 1.29 is 13.2 Å². The molecule has 21 heavy (non-hydrogen) atoms. The molecule has 0 aliphatic carbocycles. The molecular weight excluding hydrogens is 277 g/mol. The summed E-state index contributed by atoms with van der Waals surface area (Å²) in [6, 6.07) is 2.10. The maximum Gasteiger partial charge on any atom is 0.194 e. The van der Waals surface area contributed by atoms with Gasteiger partial charge >= 0.3 is 0 Å². The molecule has 2 N–H and O–H groups in total. The molecule has 4 unspecified atom stereocenters. The quantitative estimate of drug-likeness (QED) is 0.866. The Balaban J connectivity index is 2.34. The first kappa shape index (κ1) is 16.3. The smallest absolute Gasteiger partial charge is 0.194 e. The second kappa shape index (κ2) is 6.36. The summed E-state index contributed by atoms with van der Waals surface area (Å²) < 4.78 is 40.1. The van der Waals surface area contributed by atoms with Crippen molar-refractivity contribution in [3.05, 3.63) is 35.1 Å². The monoisotopic (exact) mass is 300 g/mol. The molecule has 0 saturated carbocycles. The Bertz CT molecular complexity index is 483. The van der Waals surface area contributed by atoms with Crippen molar-refractivity contribution in [2.45, 2.75) is 39.3 Å². The van der Waals surface area contributed by atoms with E-state index in [9.17, 15) is 13.2 Å². The molecule has 1 aromatic carbocycles. The van der Waals surface area contributed by atoms with E-state index >= 15 is 0 Å². The van der Waals surface area contributed by atoms with Gasteiger partial charge in [-0.05, 0) is 42.9 Å². The Labute approximate surface area is 124 Å². The highest BCUT2D eigenvalue weighted by Gasteiger charge is 2.34. The van der Waals surface area contributed by atoms with Crippen LogP contribution in [0.3, 0.4) is 0 Å². The molecule has 0 aromatic heterocycles. The summed E-state index contributed by atoms with van der Waals surface area (Å²) >= 11 is 0. The molecular formula is C16H23F3N2. The molecule has 1 fully saturated rings. The van der Waals surface area contributed by atoms with Gasteiger partial charge in [-0.1, -0.05) is 13.8 Å². The molecule has 1 aliphatic rings. The van der Waals surface area contributed by atoms with Crippen molar-refractivity contribution in [3.8, 4) is 0 Å². The summed E-state index contributed by atoms with van der Waals surface area (Å²) in [6.45, 7) is 7.51. The van der Waals surface area contributed by atoms with Gasteiger partial charge in [0, 0.05) is 25.2 Å². The zero-order valence-electron chi connectivity index (χ0n) is 12.7. The normalized spacial score (nSPS) is 28.6. The van der Waals surface area contributed by atoms with Crippen molar-refractivity contribution >= 4 is 0 Å². The van der Waals surface area contributed by atoms with Crippen molar-refractivity contribution in [2.75, 3.05) is 13.1 Å². The molecule has 4 atom stereocenters. The molecule has 1 heterocycles. The third-order valence-corrected chi connectivity index (χ3v) is 4.66. The van der Waals surface area contributed by atoms with Crippen LogP contribution in [0, 0.1) is 29.3 Å². The van der Waals surface area contributed by atoms with Gasteiger partial charge in [0.05, 0.1) is 0 Å². The zero-order chi connectivity index (χ0) is 15.7. The van der Waals surface area contributed by atoms with Crippen LogP contribution in [0.1, 0.15) is 38.8 Å². The molecule has 1 saturated heterocycles. The lowest BCUT2D eigenvalue weighted by atomic mass is 9.84. The Kier molecular flexibility index (Phi) is 4.94. The molecule has 0 amide bonds. The number of nitrogens with zero attached hydrogens (tertiary/aromatic N) is 1. The lowest BCUT2D eigenvalue weighted by Crippen LogP contribution is -2.49. The first-order chi connectivity index (χ1) is 9.85. The first-order valence-electron chi connectivity index (χ1n) is 7.45. The summed E-state index contributed by atoms with van der Waals surface area (Å²) in [4.78, 5) is 2.19. The van der Waals surface area contributed by atoms with E-state index in [2.05, 4.69) is 25.7 Å². The summed E-state index contributed by atoms with van der Waals surface area (Å²) in [6.07, 6.45) is 1.13. The lowest BCUT2D eigenvalue weighted by molar-refractivity contribution is 0.0422. The van der Waals surface area contributed by atoms with Crippen molar-refractivity contribution in [3.63, 3.8) is 0 Å². The average Bonchev–Trinajstić information content (AvgIpc) is 2.42. The van der Waals surface area contributed by atoms with E-state index < -0.39 is 17.5 Å². The predicted molar refractivity (Wildman–Crippen MR) is 77.2 cm³/mol. The highest BCUT2D eigenvalue weighted by atomic mass is 19.2. The maximum absolute atomic E-state index is 13.5. The zero-order valence-corrected chi connectivity index (χ0v) is 12.7. The second-order valence-electron chi connectivity index (χ2n) is 6.31. The largest absolute Gasteiger partial charge is 0.329 e. The summed E-state index contributed by atoms with van der Waals surface area (Å²) in [5, 5.41) is 0. The number of nitrogens with two attached hydrogens (primary N) is 1. The van der Waals surface area contributed by atoms with Gasteiger partial charge in [-0.2, -0.15) is 0 Å². The average molecular weight is 300 g/mol. The molecule has 0 spiro atoms. The number of halogens is 3. The molecule has 2 rings (SSSR count).